The fourth-order valence-corrected chi connectivity index (χ4v) is 3.43. The fourth-order valence-electron chi connectivity index (χ4n) is 3.43. The van der Waals surface area contributed by atoms with Crippen LogP contribution in [-0.2, 0) is 11.2 Å². The maximum Gasteiger partial charge on any atom is 0.267 e. The molecule has 1 aliphatic heterocycles. The highest BCUT2D eigenvalue weighted by atomic mass is 35.5. The lowest BCUT2D eigenvalue weighted by molar-refractivity contribution is -0.124. The Labute approximate surface area is 189 Å². The van der Waals surface area contributed by atoms with Crippen LogP contribution < -0.4 is 10.8 Å². The molecule has 0 spiro atoms. The second-order valence-corrected chi connectivity index (χ2v) is 7.01. The van der Waals surface area contributed by atoms with E-state index in [2.05, 4.69) is 50.5 Å². The number of hydrogen-bond acceptors (Lipinski definition) is 6. The first-order chi connectivity index (χ1) is 13.7. The molecule has 0 saturated carbocycles. The van der Waals surface area contributed by atoms with Crippen molar-refractivity contribution in [1.29, 1.82) is 0 Å². The van der Waals surface area contributed by atoms with E-state index in [0.29, 0.717) is 11.7 Å². The number of carbonyl (C=O) groups excluding carboxylic acids is 1. The van der Waals surface area contributed by atoms with Crippen LogP contribution in [0.3, 0.4) is 0 Å². The molecule has 9 heteroatoms. The molecule has 1 aliphatic rings. The van der Waals surface area contributed by atoms with Gasteiger partial charge in [-0.15, -0.1) is 24.8 Å². The number of anilines is 1. The van der Waals surface area contributed by atoms with Crippen molar-refractivity contribution in [2.24, 2.45) is 0 Å². The zero-order chi connectivity index (χ0) is 19.6. The number of aryl methyl sites for hydroxylation is 1. The van der Waals surface area contributed by atoms with Gasteiger partial charge in [0, 0.05) is 18.7 Å². The Morgan fingerprint density at radius 3 is 2.70 bits per heavy atom. The number of carbonyl (C=O) groups is 1. The number of hydrogen-bond donors (Lipinski definition) is 3. The minimum Gasteiger partial charge on any atom is -0.365 e. The van der Waals surface area contributed by atoms with E-state index in [1.165, 1.54) is 36.0 Å². The lowest BCUT2D eigenvalue weighted by atomic mass is 10.0. The predicted molar refractivity (Wildman–Crippen MR) is 123 cm³/mol. The van der Waals surface area contributed by atoms with Crippen LogP contribution in [0.15, 0.2) is 48.8 Å². The summed E-state index contributed by atoms with van der Waals surface area (Å²) in [5, 5.41) is 11.9. The van der Waals surface area contributed by atoms with Crippen LogP contribution in [0, 0.1) is 0 Å². The average Bonchev–Trinajstić information content (AvgIpc) is 2.74. The largest absolute Gasteiger partial charge is 0.365 e. The monoisotopic (exact) mass is 453 g/mol. The normalized spacial score (nSPS) is 16.4. The van der Waals surface area contributed by atoms with Crippen molar-refractivity contribution in [1.82, 2.24) is 20.3 Å². The van der Waals surface area contributed by atoms with Crippen LogP contribution in [-0.4, -0.2) is 51.7 Å². The summed E-state index contributed by atoms with van der Waals surface area (Å²) in [5.74, 6) is 0.137. The third-order valence-electron chi connectivity index (χ3n) is 4.83. The quantitative estimate of drug-likeness (QED) is 0.322. The van der Waals surface area contributed by atoms with Gasteiger partial charge in [-0.3, -0.25) is 15.0 Å². The number of nitrogens with one attached hydrogen (secondary N) is 2. The maximum atomic E-state index is 11.0. The van der Waals surface area contributed by atoms with Crippen LogP contribution in [0.1, 0.15) is 30.5 Å². The highest BCUT2D eigenvalue weighted by Crippen LogP contribution is 2.15. The third-order valence-corrected chi connectivity index (χ3v) is 4.83. The number of piperidine rings is 1. The molecule has 1 saturated heterocycles. The molecule has 0 unspecified atom stereocenters. The van der Waals surface area contributed by atoms with Gasteiger partial charge in [0.2, 0.25) is 0 Å². The van der Waals surface area contributed by atoms with E-state index in [9.17, 15) is 4.79 Å². The summed E-state index contributed by atoms with van der Waals surface area (Å²) in [5.41, 5.74) is 3.49. The second kappa shape index (κ2) is 13.9. The summed E-state index contributed by atoms with van der Waals surface area (Å²) >= 11 is 0. The molecule has 164 valence electrons. The Kier molecular flexibility index (Phi) is 12.0. The van der Waals surface area contributed by atoms with Gasteiger partial charge in [-0.25, -0.2) is 10.5 Å². The molecule has 3 rings (SSSR count). The first kappa shape index (κ1) is 25.8. The number of amides is 1. The molecule has 0 aliphatic carbocycles. The first-order valence-electron chi connectivity index (χ1n) is 9.70. The van der Waals surface area contributed by atoms with Crippen molar-refractivity contribution in [2.75, 3.05) is 25.0 Å². The molecule has 0 bridgehead atoms. The van der Waals surface area contributed by atoms with E-state index in [-0.39, 0.29) is 24.8 Å². The van der Waals surface area contributed by atoms with E-state index in [1.54, 1.807) is 12.4 Å². The minimum atomic E-state index is -0.599. The smallest absolute Gasteiger partial charge is 0.267 e. The van der Waals surface area contributed by atoms with E-state index in [0.717, 1.165) is 38.3 Å². The van der Waals surface area contributed by atoms with Crippen LogP contribution in [0.25, 0.3) is 6.08 Å². The second-order valence-electron chi connectivity index (χ2n) is 7.01. The topological polar surface area (TPSA) is 90.4 Å². The predicted octanol–water partition coefficient (Wildman–Crippen LogP) is 3.35. The maximum absolute atomic E-state index is 11.0. The van der Waals surface area contributed by atoms with E-state index in [1.807, 2.05) is 0 Å². The molecule has 1 aromatic heterocycles. The van der Waals surface area contributed by atoms with Gasteiger partial charge in [-0.2, -0.15) is 0 Å². The Hall–Kier alpha value is -2.19. The van der Waals surface area contributed by atoms with Gasteiger partial charge in [0.25, 0.3) is 5.91 Å². The van der Waals surface area contributed by atoms with E-state index >= 15 is 0 Å². The summed E-state index contributed by atoms with van der Waals surface area (Å²) in [6, 6.07) is 11.0. The van der Waals surface area contributed by atoms with E-state index in [4.69, 9.17) is 5.21 Å². The SMILES string of the molecule is Cl.Cl.O=C(/C=C/c1cnc(N[C@@H]2CCCN(CCCc3ccccc3)C2)cn1)NO. The Balaban J connectivity index is 0.00000225. The Morgan fingerprint density at radius 2 is 2.00 bits per heavy atom. The van der Waals surface area contributed by atoms with Crippen molar-refractivity contribution in [3.8, 4) is 0 Å². The standard InChI is InChI=1S/C21H27N5O2.2ClH/c27-21(25-28)11-10-18-14-23-20(15-22-18)24-19-9-5-13-26(16-19)12-4-8-17-6-2-1-3-7-17;;/h1-3,6-7,10-11,14-15,19,28H,4-5,8-9,12-13,16H2,(H,23,24)(H,25,27);2*1H/b11-10+;;/t19-;;/m1../s1. The molecule has 1 atom stereocenters. The number of benzene rings is 1. The molecular weight excluding hydrogens is 425 g/mol. The molecule has 1 aromatic carbocycles. The number of likely N-dealkylation sites (tertiary alicyclic amines) is 1. The van der Waals surface area contributed by atoms with Gasteiger partial charge in [-0.05, 0) is 50.4 Å². The van der Waals surface area contributed by atoms with Crippen molar-refractivity contribution in [3.05, 3.63) is 60.1 Å². The summed E-state index contributed by atoms with van der Waals surface area (Å²) in [6.07, 6.45) is 10.5. The third kappa shape index (κ3) is 8.67. The molecule has 1 fully saturated rings. The Bertz CT molecular complexity index is 775. The fraction of sp³-hybridized carbons (Fsp3) is 0.381. The van der Waals surface area contributed by atoms with Gasteiger partial charge in [0.1, 0.15) is 5.82 Å². The molecule has 30 heavy (non-hydrogen) atoms. The van der Waals surface area contributed by atoms with Crippen molar-refractivity contribution in [3.63, 3.8) is 0 Å². The summed E-state index contributed by atoms with van der Waals surface area (Å²) < 4.78 is 0. The summed E-state index contributed by atoms with van der Waals surface area (Å²) in [7, 11) is 0. The highest BCUT2D eigenvalue weighted by Gasteiger charge is 2.19. The highest BCUT2D eigenvalue weighted by molar-refractivity contribution is 5.90. The zero-order valence-electron chi connectivity index (χ0n) is 16.7. The first-order valence-corrected chi connectivity index (χ1v) is 9.70. The summed E-state index contributed by atoms with van der Waals surface area (Å²) in [4.78, 5) is 22.1. The Morgan fingerprint density at radius 1 is 1.20 bits per heavy atom. The number of hydroxylamine groups is 1. The van der Waals surface area contributed by atoms with Gasteiger partial charge in [0.15, 0.2) is 0 Å². The van der Waals surface area contributed by atoms with Crippen LogP contribution in [0.2, 0.25) is 0 Å². The lowest BCUT2D eigenvalue weighted by Crippen LogP contribution is -2.42. The van der Waals surface area contributed by atoms with Crippen LogP contribution in [0.5, 0.6) is 0 Å². The van der Waals surface area contributed by atoms with Crippen molar-refractivity contribution < 1.29 is 10.0 Å². The number of aromatic nitrogens is 2. The van der Waals surface area contributed by atoms with Gasteiger partial charge in [0.05, 0.1) is 18.1 Å². The van der Waals surface area contributed by atoms with Gasteiger partial charge in [-0.1, -0.05) is 30.3 Å². The number of nitrogens with zero attached hydrogens (tertiary/aromatic N) is 3. The van der Waals surface area contributed by atoms with Crippen molar-refractivity contribution in [2.45, 2.75) is 31.7 Å². The van der Waals surface area contributed by atoms with Gasteiger partial charge >= 0.3 is 0 Å². The van der Waals surface area contributed by atoms with Gasteiger partial charge < -0.3 is 10.2 Å². The average molecular weight is 454 g/mol. The minimum absolute atomic E-state index is 0. The molecule has 7 nitrogen and oxygen atoms in total. The zero-order valence-corrected chi connectivity index (χ0v) is 18.4. The molecule has 3 N–H and O–H groups in total. The molecule has 1 amide bonds. The lowest BCUT2D eigenvalue weighted by Gasteiger charge is -2.33. The van der Waals surface area contributed by atoms with Crippen LogP contribution >= 0.6 is 24.8 Å². The number of halogens is 2. The molecule has 0 radical (unpaired) electrons. The molecule has 2 aromatic rings. The van der Waals surface area contributed by atoms with Crippen LogP contribution in [0.4, 0.5) is 5.82 Å². The molecule has 2 heterocycles. The van der Waals surface area contributed by atoms with Crippen molar-refractivity contribution >= 4 is 42.6 Å². The van der Waals surface area contributed by atoms with E-state index < -0.39 is 5.91 Å². The summed E-state index contributed by atoms with van der Waals surface area (Å²) in [6.45, 7) is 3.26. The molecular formula is C21H29Cl2N5O2. The number of rotatable bonds is 8.